The number of fused-ring (bicyclic) bond motifs is 1. The van der Waals surface area contributed by atoms with Crippen molar-refractivity contribution < 1.29 is 14.6 Å². The van der Waals surface area contributed by atoms with Crippen molar-refractivity contribution >= 4 is 11.6 Å². The van der Waals surface area contributed by atoms with Crippen molar-refractivity contribution in [3.63, 3.8) is 0 Å². The van der Waals surface area contributed by atoms with Crippen LogP contribution in [0.1, 0.15) is 21.6 Å². The van der Waals surface area contributed by atoms with Crippen LogP contribution in [0.15, 0.2) is 103 Å². The van der Waals surface area contributed by atoms with E-state index in [2.05, 4.69) is 15.4 Å². The molecule has 0 aliphatic rings. The maximum Gasteiger partial charge on any atom is 0.270 e. The molecule has 0 spiro atoms. The summed E-state index contributed by atoms with van der Waals surface area (Å²) in [5.41, 5.74) is 4.70. The van der Waals surface area contributed by atoms with Gasteiger partial charge in [-0.3, -0.25) is 4.79 Å². The molecule has 180 valence electrons. The van der Waals surface area contributed by atoms with E-state index in [1.54, 1.807) is 23.0 Å². The molecule has 1 amide bonds. The van der Waals surface area contributed by atoms with Gasteiger partial charge < -0.3 is 15.2 Å². The van der Waals surface area contributed by atoms with Crippen LogP contribution in [0.4, 0.5) is 0 Å². The normalized spacial score (nSPS) is 11.8. The van der Waals surface area contributed by atoms with Crippen LogP contribution in [0.5, 0.6) is 5.75 Å². The summed E-state index contributed by atoms with van der Waals surface area (Å²) < 4.78 is 7.52. The van der Waals surface area contributed by atoms with Crippen molar-refractivity contribution in [3.05, 3.63) is 120 Å². The van der Waals surface area contributed by atoms with E-state index >= 15 is 0 Å². The van der Waals surface area contributed by atoms with E-state index in [4.69, 9.17) is 4.74 Å². The summed E-state index contributed by atoms with van der Waals surface area (Å²) in [6.45, 7) is 0.329. The molecule has 2 N–H and O–H groups in total. The van der Waals surface area contributed by atoms with Gasteiger partial charge in [0.25, 0.3) is 5.91 Å². The standard InChI is InChI=1S/C29H26N4O3/c34-19-24(17-21-7-3-1-4-8-21)31-29(35)27-15-16-33-28(32-27)26(18-30-33)23-11-13-25(14-12-23)36-20-22-9-5-2-6-10-22/h1-16,18,24,34H,17,19-20H2,(H,31,35)/t24-/m1/s1. The molecule has 36 heavy (non-hydrogen) atoms. The van der Waals surface area contributed by atoms with Gasteiger partial charge in [-0.1, -0.05) is 72.8 Å². The summed E-state index contributed by atoms with van der Waals surface area (Å²) in [5, 5.41) is 17.0. The van der Waals surface area contributed by atoms with Crippen molar-refractivity contribution in [1.29, 1.82) is 0 Å². The van der Waals surface area contributed by atoms with Gasteiger partial charge in [-0.2, -0.15) is 5.10 Å². The van der Waals surface area contributed by atoms with Crippen molar-refractivity contribution in [2.75, 3.05) is 6.61 Å². The largest absolute Gasteiger partial charge is 0.489 e. The molecule has 7 nitrogen and oxygen atoms in total. The smallest absolute Gasteiger partial charge is 0.270 e. The highest BCUT2D eigenvalue weighted by atomic mass is 16.5. The number of aromatic nitrogens is 3. The van der Waals surface area contributed by atoms with E-state index in [9.17, 15) is 9.90 Å². The summed E-state index contributed by atoms with van der Waals surface area (Å²) >= 11 is 0. The maximum absolute atomic E-state index is 12.9. The Morgan fingerprint density at radius 3 is 2.31 bits per heavy atom. The molecule has 0 unspecified atom stereocenters. The number of aliphatic hydroxyl groups is 1. The highest BCUT2D eigenvalue weighted by Gasteiger charge is 2.17. The lowest BCUT2D eigenvalue weighted by atomic mass is 10.1. The van der Waals surface area contributed by atoms with Crippen LogP contribution in [-0.2, 0) is 13.0 Å². The Balaban J connectivity index is 1.30. The Labute approximate surface area is 209 Å². The number of hydrogen-bond acceptors (Lipinski definition) is 5. The second-order valence-electron chi connectivity index (χ2n) is 8.48. The first kappa shape index (κ1) is 23.3. The van der Waals surface area contributed by atoms with Gasteiger partial charge >= 0.3 is 0 Å². The monoisotopic (exact) mass is 478 g/mol. The molecule has 7 heteroatoms. The molecule has 0 saturated heterocycles. The Kier molecular flexibility index (Phi) is 7.00. The van der Waals surface area contributed by atoms with Crippen LogP contribution in [0.2, 0.25) is 0 Å². The molecule has 0 bridgehead atoms. The second kappa shape index (κ2) is 10.8. The van der Waals surface area contributed by atoms with Crippen molar-refractivity contribution in [3.8, 4) is 16.9 Å². The third kappa shape index (κ3) is 5.42. The fourth-order valence-electron chi connectivity index (χ4n) is 3.99. The minimum atomic E-state index is -0.411. The fourth-order valence-corrected chi connectivity index (χ4v) is 3.99. The minimum Gasteiger partial charge on any atom is -0.489 e. The highest BCUT2D eigenvalue weighted by Crippen LogP contribution is 2.26. The molecule has 5 rings (SSSR count). The molecular formula is C29H26N4O3. The number of carbonyl (C=O) groups excluding carboxylic acids is 1. The van der Waals surface area contributed by atoms with Crippen LogP contribution in [0, 0.1) is 0 Å². The van der Waals surface area contributed by atoms with Gasteiger partial charge in [0.05, 0.1) is 18.8 Å². The van der Waals surface area contributed by atoms with Gasteiger partial charge in [-0.25, -0.2) is 9.50 Å². The molecule has 2 heterocycles. The number of rotatable bonds is 9. The van der Waals surface area contributed by atoms with Crippen molar-refractivity contribution in [2.24, 2.45) is 0 Å². The molecule has 2 aromatic heterocycles. The van der Waals surface area contributed by atoms with Gasteiger partial charge in [0.2, 0.25) is 0 Å². The number of benzene rings is 3. The topological polar surface area (TPSA) is 88.8 Å². The lowest BCUT2D eigenvalue weighted by molar-refractivity contribution is 0.0911. The zero-order valence-corrected chi connectivity index (χ0v) is 19.6. The van der Waals surface area contributed by atoms with E-state index in [1.807, 2.05) is 84.9 Å². The Hall–Kier alpha value is -4.49. The average Bonchev–Trinajstić information content (AvgIpc) is 3.36. The summed E-state index contributed by atoms with van der Waals surface area (Å²) in [6, 6.07) is 28.7. The Bertz CT molecular complexity index is 1430. The van der Waals surface area contributed by atoms with E-state index in [-0.39, 0.29) is 18.2 Å². The predicted molar refractivity (Wildman–Crippen MR) is 138 cm³/mol. The van der Waals surface area contributed by atoms with Gasteiger partial charge in [0, 0.05) is 11.8 Å². The molecule has 0 fully saturated rings. The number of aliphatic hydroxyl groups excluding tert-OH is 1. The van der Waals surface area contributed by atoms with Gasteiger partial charge in [0.15, 0.2) is 5.65 Å². The maximum atomic E-state index is 12.9. The van der Waals surface area contributed by atoms with Gasteiger partial charge in [0.1, 0.15) is 18.1 Å². The fraction of sp³-hybridized carbons (Fsp3) is 0.138. The minimum absolute atomic E-state index is 0.167. The third-order valence-electron chi connectivity index (χ3n) is 5.90. The third-order valence-corrected chi connectivity index (χ3v) is 5.90. The molecule has 0 aliphatic heterocycles. The van der Waals surface area contributed by atoms with Crippen LogP contribution >= 0.6 is 0 Å². The highest BCUT2D eigenvalue weighted by molar-refractivity contribution is 5.93. The Morgan fingerprint density at radius 1 is 0.917 bits per heavy atom. The van der Waals surface area contributed by atoms with E-state index in [1.165, 1.54) is 0 Å². The first-order valence-corrected chi connectivity index (χ1v) is 11.8. The molecular weight excluding hydrogens is 452 g/mol. The van der Waals surface area contributed by atoms with E-state index in [0.717, 1.165) is 28.0 Å². The van der Waals surface area contributed by atoms with Gasteiger partial charge in [-0.15, -0.1) is 0 Å². The SMILES string of the molecule is O=C(N[C@@H](CO)Cc1ccccc1)c1ccn2ncc(-c3ccc(OCc4ccccc4)cc3)c2n1. The number of amides is 1. The first-order valence-electron chi connectivity index (χ1n) is 11.8. The number of ether oxygens (including phenoxy) is 1. The summed E-state index contributed by atoms with van der Waals surface area (Å²) in [4.78, 5) is 17.5. The van der Waals surface area contributed by atoms with Crippen LogP contribution in [-0.4, -0.2) is 38.3 Å². The number of nitrogens with one attached hydrogen (secondary N) is 1. The molecule has 0 aliphatic carbocycles. The lowest BCUT2D eigenvalue weighted by Gasteiger charge is -2.16. The van der Waals surface area contributed by atoms with E-state index < -0.39 is 6.04 Å². The van der Waals surface area contributed by atoms with Crippen LogP contribution in [0.25, 0.3) is 16.8 Å². The van der Waals surface area contributed by atoms with Crippen molar-refractivity contribution in [2.45, 2.75) is 19.1 Å². The van der Waals surface area contributed by atoms with E-state index in [0.29, 0.717) is 18.7 Å². The van der Waals surface area contributed by atoms with Crippen molar-refractivity contribution in [1.82, 2.24) is 19.9 Å². The number of carbonyl (C=O) groups is 1. The quantitative estimate of drug-likeness (QED) is 0.330. The van der Waals surface area contributed by atoms with Crippen LogP contribution in [0.3, 0.4) is 0 Å². The first-order chi connectivity index (χ1) is 17.7. The van der Waals surface area contributed by atoms with Crippen LogP contribution < -0.4 is 10.1 Å². The molecule has 0 radical (unpaired) electrons. The summed E-state index contributed by atoms with van der Waals surface area (Å²) in [5.74, 6) is 0.421. The number of nitrogens with zero attached hydrogens (tertiary/aromatic N) is 3. The average molecular weight is 479 g/mol. The molecule has 0 saturated carbocycles. The summed E-state index contributed by atoms with van der Waals surface area (Å²) in [6.07, 6.45) is 3.97. The zero-order chi connectivity index (χ0) is 24.7. The summed E-state index contributed by atoms with van der Waals surface area (Å²) in [7, 11) is 0. The predicted octanol–water partition coefficient (Wildman–Crippen LogP) is 4.31. The second-order valence-corrected chi connectivity index (χ2v) is 8.48. The number of hydrogen-bond donors (Lipinski definition) is 2. The molecule has 3 aromatic carbocycles. The lowest BCUT2D eigenvalue weighted by Crippen LogP contribution is -2.39. The molecule has 1 atom stereocenters. The van der Waals surface area contributed by atoms with Gasteiger partial charge in [-0.05, 0) is 41.3 Å². The zero-order valence-electron chi connectivity index (χ0n) is 19.6. The molecule has 5 aromatic rings. The Morgan fingerprint density at radius 2 is 1.61 bits per heavy atom.